The number of carbonyl (C=O) groups is 1. The number of pyridine rings is 1. The van der Waals surface area contributed by atoms with E-state index in [2.05, 4.69) is 10.3 Å². The first kappa shape index (κ1) is 11.5. The maximum absolute atomic E-state index is 11.7. The minimum atomic E-state index is -0.0496. The molecular weight excluding hydrogens is 190 g/mol. The molecule has 0 aliphatic rings. The van der Waals surface area contributed by atoms with Crippen LogP contribution in [0.3, 0.4) is 0 Å². The van der Waals surface area contributed by atoms with E-state index in [1.54, 1.807) is 18.3 Å². The zero-order valence-electron chi connectivity index (χ0n) is 9.32. The normalized spacial score (nSPS) is 12.5. The van der Waals surface area contributed by atoms with E-state index >= 15 is 0 Å². The highest BCUT2D eigenvalue weighted by atomic mass is 16.1. The Morgan fingerprint density at radius 1 is 1.47 bits per heavy atom. The van der Waals surface area contributed by atoms with Crippen LogP contribution in [0.4, 0.5) is 11.5 Å². The van der Waals surface area contributed by atoms with Crippen LogP contribution in [-0.4, -0.2) is 10.9 Å². The molecule has 1 atom stereocenters. The summed E-state index contributed by atoms with van der Waals surface area (Å²) in [6.07, 6.45) is 1.60. The van der Waals surface area contributed by atoms with Crippen molar-refractivity contribution < 1.29 is 4.79 Å². The van der Waals surface area contributed by atoms with Crippen molar-refractivity contribution in [2.75, 3.05) is 11.1 Å². The van der Waals surface area contributed by atoms with Gasteiger partial charge in [0.25, 0.3) is 0 Å². The highest BCUT2D eigenvalue weighted by molar-refractivity contribution is 5.93. The Balaban J connectivity index is 2.71. The smallest absolute Gasteiger partial charge is 0.228 e. The topological polar surface area (TPSA) is 68.0 Å². The van der Waals surface area contributed by atoms with Crippen LogP contribution in [0.5, 0.6) is 0 Å². The lowest BCUT2D eigenvalue weighted by Crippen LogP contribution is -2.25. The van der Waals surface area contributed by atoms with Gasteiger partial charge >= 0.3 is 0 Å². The zero-order valence-corrected chi connectivity index (χ0v) is 9.32. The van der Waals surface area contributed by atoms with Crippen molar-refractivity contribution in [1.82, 2.24) is 4.98 Å². The van der Waals surface area contributed by atoms with E-state index in [1.807, 2.05) is 20.8 Å². The quantitative estimate of drug-likeness (QED) is 0.795. The maximum Gasteiger partial charge on any atom is 0.228 e. The van der Waals surface area contributed by atoms with E-state index in [0.29, 0.717) is 17.4 Å². The van der Waals surface area contributed by atoms with Gasteiger partial charge in [0, 0.05) is 12.1 Å². The van der Waals surface area contributed by atoms with Gasteiger partial charge in [-0.25, -0.2) is 4.98 Å². The van der Waals surface area contributed by atoms with Gasteiger partial charge in [0.1, 0.15) is 0 Å². The standard InChI is InChI=1S/C11H17N3O/c1-7(2)8(3)11(15)14-10-9(12)5-4-6-13-10/h4-8H,12H2,1-3H3,(H,13,14,15). The fourth-order valence-electron chi connectivity index (χ4n) is 1.06. The van der Waals surface area contributed by atoms with Crippen molar-refractivity contribution in [3.8, 4) is 0 Å². The van der Waals surface area contributed by atoms with Crippen molar-refractivity contribution in [2.45, 2.75) is 20.8 Å². The van der Waals surface area contributed by atoms with Gasteiger partial charge in [0.15, 0.2) is 5.82 Å². The lowest BCUT2D eigenvalue weighted by Gasteiger charge is -2.15. The Morgan fingerprint density at radius 2 is 2.13 bits per heavy atom. The van der Waals surface area contributed by atoms with E-state index in [9.17, 15) is 4.79 Å². The van der Waals surface area contributed by atoms with Gasteiger partial charge in [-0.05, 0) is 18.1 Å². The molecule has 1 heterocycles. The molecule has 4 nitrogen and oxygen atoms in total. The Morgan fingerprint density at radius 3 is 2.67 bits per heavy atom. The SMILES string of the molecule is CC(C)C(C)C(=O)Nc1ncccc1N. The molecule has 15 heavy (non-hydrogen) atoms. The number of nitrogen functional groups attached to an aromatic ring is 1. The molecule has 0 aliphatic heterocycles. The van der Waals surface area contributed by atoms with Crippen molar-refractivity contribution >= 4 is 17.4 Å². The molecule has 1 aromatic heterocycles. The van der Waals surface area contributed by atoms with Gasteiger partial charge in [-0.2, -0.15) is 0 Å². The monoisotopic (exact) mass is 207 g/mol. The molecule has 3 N–H and O–H groups in total. The van der Waals surface area contributed by atoms with Crippen molar-refractivity contribution in [3.05, 3.63) is 18.3 Å². The number of hydrogen-bond acceptors (Lipinski definition) is 3. The van der Waals surface area contributed by atoms with Gasteiger partial charge in [0.05, 0.1) is 5.69 Å². The number of nitrogens with two attached hydrogens (primary N) is 1. The molecule has 1 amide bonds. The van der Waals surface area contributed by atoms with Gasteiger partial charge in [-0.15, -0.1) is 0 Å². The summed E-state index contributed by atoms with van der Waals surface area (Å²) in [6.45, 7) is 5.90. The second-order valence-corrected chi connectivity index (χ2v) is 3.96. The minimum absolute atomic E-state index is 0.0459. The average Bonchev–Trinajstić information content (AvgIpc) is 2.20. The molecular formula is C11H17N3O. The van der Waals surface area contributed by atoms with E-state index in [4.69, 9.17) is 5.73 Å². The van der Waals surface area contributed by atoms with Crippen LogP contribution in [-0.2, 0) is 4.79 Å². The molecule has 1 rings (SSSR count). The van der Waals surface area contributed by atoms with Crippen LogP contribution in [0.1, 0.15) is 20.8 Å². The summed E-state index contributed by atoms with van der Waals surface area (Å²) in [5.41, 5.74) is 6.16. The summed E-state index contributed by atoms with van der Waals surface area (Å²) in [6, 6.07) is 3.44. The summed E-state index contributed by atoms with van der Waals surface area (Å²) in [5, 5.41) is 2.72. The Kier molecular flexibility index (Phi) is 3.66. The molecule has 0 aromatic carbocycles. The molecule has 0 saturated carbocycles. The number of anilines is 2. The van der Waals surface area contributed by atoms with Gasteiger partial charge in [0.2, 0.25) is 5.91 Å². The van der Waals surface area contributed by atoms with Crippen LogP contribution in [0.15, 0.2) is 18.3 Å². The second-order valence-electron chi connectivity index (χ2n) is 3.96. The third-order valence-corrected chi connectivity index (χ3v) is 2.49. The first-order chi connectivity index (χ1) is 7.02. The fourth-order valence-corrected chi connectivity index (χ4v) is 1.06. The maximum atomic E-state index is 11.7. The van der Waals surface area contributed by atoms with E-state index in [0.717, 1.165) is 0 Å². The third-order valence-electron chi connectivity index (χ3n) is 2.49. The highest BCUT2D eigenvalue weighted by Gasteiger charge is 2.17. The average molecular weight is 207 g/mol. The molecule has 0 bridgehead atoms. The number of amides is 1. The number of nitrogens with zero attached hydrogens (tertiary/aromatic N) is 1. The van der Waals surface area contributed by atoms with Crippen LogP contribution in [0.2, 0.25) is 0 Å². The predicted octanol–water partition coefficient (Wildman–Crippen LogP) is 1.89. The van der Waals surface area contributed by atoms with Crippen LogP contribution < -0.4 is 11.1 Å². The number of carbonyl (C=O) groups excluding carboxylic acids is 1. The molecule has 82 valence electrons. The van der Waals surface area contributed by atoms with Crippen LogP contribution in [0.25, 0.3) is 0 Å². The summed E-state index contributed by atoms with van der Waals surface area (Å²) in [4.78, 5) is 15.7. The van der Waals surface area contributed by atoms with Crippen molar-refractivity contribution in [1.29, 1.82) is 0 Å². The summed E-state index contributed by atoms with van der Waals surface area (Å²) < 4.78 is 0. The van der Waals surface area contributed by atoms with E-state index in [-0.39, 0.29) is 11.8 Å². The first-order valence-electron chi connectivity index (χ1n) is 5.03. The Labute approximate surface area is 89.9 Å². The minimum Gasteiger partial charge on any atom is -0.396 e. The Hall–Kier alpha value is -1.58. The first-order valence-corrected chi connectivity index (χ1v) is 5.03. The van der Waals surface area contributed by atoms with E-state index < -0.39 is 0 Å². The molecule has 0 radical (unpaired) electrons. The molecule has 0 saturated heterocycles. The summed E-state index contributed by atoms with van der Waals surface area (Å²) >= 11 is 0. The van der Waals surface area contributed by atoms with Gasteiger partial charge < -0.3 is 11.1 Å². The van der Waals surface area contributed by atoms with Crippen molar-refractivity contribution in [3.63, 3.8) is 0 Å². The van der Waals surface area contributed by atoms with Gasteiger partial charge in [-0.1, -0.05) is 20.8 Å². The number of nitrogens with one attached hydrogen (secondary N) is 1. The van der Waals surface area contributed by atoms with E-state index in [1.165, 1.54) is 0 Å². The molecule has 4 heteroatoms. The number of aromatic nitrogens is 1. The van der Waals surface area contributed by atoms with Crippen molar-refractivity contribution in [2.24, 2.45) is 11.8 Å². The summed E-state index contributed by atoms with van der Waals surface area (Å²) in [7, 11) is 0. The molecule has 1 unspecified atom stereocenters. The Bertz CT molecular complexity index is 349. The lowest BCUT2D eigenvalue weighted by atomic mass is 9.97. The molecule has 0 spiro atoms. The largest absolute Gasteiger partial charge is 0.396 e. The third kappa shape index (κ3) is 2.94. The van der Waals surface area contributed by atoms with Crippen LogP contribution >= 0.6 is 0 Å². The summed E-state index contributed by atoms with van der Waals surface area (Å²) in [5.74, 6) is 0.645. The molecule has 0 fully saturated rings. The fraction of sp³-hybridized carbons (Fsp3) is 0.455. The molecule has 0 aliphatic carbocycles. The lowest BCUT2D eigenvalue weighted by molar-refractivity contribution is -0.120. The predicted molar refractivity (Wildman–Crippen MR) is 61.3 cm³/mol. The zero-order chi connectivity index (χ0) is 11.4. The number of hydrogen-bond donors (Lipinski definition) is 2. The second kappa shape index (κ2) is 4.77. The van der Waals surface area contributed by atoms with Crippen LogP contribution in [0, 0.1) is 11.8 Å². The van der Waals surface area contributed by atoms with Gasteiger partial charge in [-0.3, -0.25) is 4.79 Å². The molecule has 1 aromatic rings. The highest BCUT2D eigenvalue weighted by Crippen LogP contribution is 2.16. The number of rotatable bonds is 3.